The summed E-state index contributed by atoms with van der Waals surface area (Å²) in [5.41, 5.74) is 6.98. The van der Waals surface area contributed by atoms with Crippen molar-refractivity contribution in [3.8, 4) is 5.75 Å². The minimum Gasteiger partial charge on any atom is -0.495 e. The molecular weight excluding hydrogens is 266 g/mol. The van der Waals surface area contributed by atoms with Crippen LogP contribution in [0.2, 0.25) is 0 Å². The van der Waals surface area contributed by atoms with Gasteiger partial charge < -0.3 is 15.2 Å². The van der Waals surface area contributed by atoms with Crippen molar-refractivity contribution in [1.29, 1.82) is 0 Å². The Morgan fingerprint density at radius 3 is 2.67 bits per heavy atom. The van der Waals surface area contributed by atoms with Crippen molar-refractivity contribution in [2.45, 2.75) is 46.1 Å². The number of esters is 1. The van der Waals surface area contributed by atoms with Gasteiger partial charge in [-0.1, -0.05) is 20.8 Å². The zero-order valence-electron chi connectivity index (χ0n) is 13.3. The fourth-order valence-corrected chi connectivity index (χ4v) is 3.41. The summed E-state index contributed by atoms with van der Waals surface area (Å²) in [5.74, 6) is 0.775. The molecule has 2 atom stereocenters. The van der Waals surface area contributed by atoms with E-state index in [0.717, 1.165) is 12.8 Å². The monoisotopic (exact) mass is 291 g/mol. The van der Waals surface area contributed by atoms with E-state index in [-0.39, 0.29) is 17.5 Å². The summed E-state index contributed by atoms with van der Waals surface area (Å²) >= 11 is 0. The summed E-state index contributed by atoms with van der Waals surface area (Å²) in [6.45, 7) is 6.68. The van der Waals surface area contributed by atoms with Crippen LogP contribution in [0.4, 0.5) is 5.69 Å². The maximum atomic E-state index is 12.3. The number of carbonyl (C=O) groups is 1. The van der Waals surface area contributed by atoms with Crippen molar-refractivity contribution < 1.29 is 14.3 Å². The normalized spacial score (nSPS) is 24.4. The van der Waals surface area contributed by atoms with E-state index >= 15 is 0 Å². The molecule has 2 N–H and O–H groups in total. The highest BCUT2D eigenvalue weighted by molar-refractivity contribution is 5.90. The van der Waals surface area contributed by atoms with Crippen LogP contribution in [0.5, 0.6) is 5.75 Å². The number of methoxy groups -OCH3 is 1. The number of anilines is 1. The molecule has 1 fully saturated rings. The Balaban J connectivity index is 2.07. The highest BCUT2D eigenvalue weighted by Gasteiger charge is 2.34. The molecule has 1 aliphatic rings. The lowest BCUT2D eigenvalue weighted by Gasteiger charge is -2.38. The van der Waals surface area contributed by atoms with Crippen LogP contribution in [-0.2, 0) is 4.74 Å². The zero-order valence-corrected chi connectivity index (χ0v) is 13.3. The minimum atomic E-state index is -0.303. The molecule has 0 radical (unpaired) electrons. The van der Waals surface area contributed by atoms with Crippen molar-refractivity contribution in [2.75, 3.05) is 12.8 Å². The lowest BCUT2D eigenvalue weighted by molar-refractivity contribution is -0.00716. The van der Waals surface area contributed by atoms with E-state index in [0.29, 0.717) is 22.9 Å². The van der Waals surface area contributed by atoms with E-state index in [4.69, 9.17) is 15.2 Å². The molecule has 21 heavy (non-hydrogen) atoms. The topological polar surface area (TPSA) is 61.5 Å². The van der Waals surface area contributed by atoms with Gasteiger partial charge in [-0.05, 0) is 48.8 Å². The van der Waals surface area contributed by atoms with Gasteiger partial charge in [0.05, 0.1) is 18.4 Å². The molecule has 4 heteroatoms. The van der Waals surface area contributed by atoms with Gasteiger partial charge in [0, 0.05) is 0 Å². The number of nitrogens with two attached hydrogens (primary N) is 1. The smallest absolute Gasteiger partial charge is 0.338 e. The fourth-order valence-electron chi connectivity index (χ4n) is 3.41. The second kappa shape index (κ2) is 5.96. The average Bonchev–Trinajstić information content (AvgIpc) is 2.36. The second-order valence-electron chi connectivity index (χ2n) is 6.90. The highest BCUT2D eigenvalue weighted by atomic mass is 16.5. The summed E-state index contributed by atoms with van der Waals surface area (Å²) < 4.78 is 10.8. The SMILES string of the molecule is COc1cc(C(=O)OC2CC(C)CC(C)(C)C2)ccc1N. The molecule has 1 aromatic carbocycles. The first-order chi connectivity index (χ1) is 9.80. The van der Waals surface area contributed by atoms with Crippen LogP contribution >= 0.6 is 0 Å². The Kier molecular flexibility index (Phi) is 4.45. The fraction of sp³-hybridized carbons (Fsp3) is 0.588. The van der Waals surface area contributed by atoms with Gasteiger partial charge >= 0.3 is 5.97 Å². The number of benzene rings is 1. The molecule has 0 saturated heterocycles. The van der Waals surface area contributed by atoms with Crippen molar-refractivity contribution in [3.05, 3.63) is 23.8 Å². The average molecular weight is 291 g/mol. The summed E-state index contributed by atoms with van der Waals surface area (Å²) in [4.78, 5) is 12.3. The van der Waals surface area contributed by atoms with E-state index in [1.807, 2.05) is 0 Å². The lowest BCUT2D eigenvalue weighted by Crippen LogP contribution is -2.34. The maximum Gasteiger partial charge on any atom is 0.338 e. The van der Waals surface area contributed by atoms with Gasteiger partial charge in [-0.15, -0.1) is 0 Å². The van der Waals surface area contributed by atoms with Gasteiger partial charge in [0.1, 0.15) is 11.9 Å². The molecular formula is C17H25NO3. The van der Waals surface area contributed by atoms with Crippen LogP contribution in [-0.4, -0.2) is 19.2 Å². The predicted molar refractivity (Wildman–Crippen MR) is 83.4 cm³/mol. The maximum absolute atomic E-state index is 12.3. The summed E-state index contributed by atoms with van der Waals surface area (Å²) in [6.07, 6.45) is 3.01. The van der Waals surface area contributed by atoms with Crippen LogP contribution in [0.15, 0.2) is 18.2 Å². The van der Waals surface area contributed by atoms with Gasteiger partial charge in [-0.2, -0.15) is 0 Å². The Morgan fingerprint density at radius 2 is 2.05 bits per heavy atom. The summed E-state index contributed by atoms with van der Waals surface area (Å²) in [5, 5.41) is 0. The molecule has 1 aromatic rings. The third-order valence-electron chi connectivity index (χ3n) is 4.09. The first kappa shape index (κ1) is 15.7. The van der Waals surface area contributed by atoms with Gasteiger partial charge in [-0.3, -0.25) is 0 Å². The van der Waals surface area contributed by atoms with Gasteiger partial charge in [0.2, 0.25) is 0 Å². The number of hydrogen-bond acceptors (Lipinski definition) is 4. The first-order valence-electron chi connectivity index (χ1n) is 7.45. The third-order valence-corrected chi connectivity index (χ3v) is 4.09. The highest BCUT2D eigenvalue weighted by Crippen LogP contribution is 2.40. The molecule has 0 spiro atoms. The minimum absolute atomic E-state index is 0.0141. The molecule has 2 unspecified atom stereocenters. The molecule has 2 rings (SSSR count). The number of carbonyl (C=O) groups excluding carboxylic acids is 1. The second-order valence-corrected chi connectivity index (χ2v) is 6.90. The molecule has 0 aromatic heterocycles. The van der Waals surface area contributed by atoms with Crippen LogP contribution in [0.1, 0.15) is 50.4 Å². The Morgan fingerprint density at radius 1 is 1.33 bits per heavy atom. The van der Waals surface area contributed by atoms with Gasteiger partial charge in [0.25, 0.3) is 0 Å². The van der Waals surface area contributed by atoms with Gasteiger partial charge in [0.15, 0.2) is 0 Å². The van der Waals surface area contributed by atoms with Crippen LogP contribution in [0.25, 0.3) is 0 Å². The van der Waals surface area contributed by atoms with Gasteiger partial charge in [-0.25, -0.2) is 4.79 Å². The molecule has 116 valence electrons. The quantitative estimate of drug-likeness (QED) is 0.682. The predicted octanol–water partition coefficient (Wildman–Crippen LogP) is 3.65. The molecule has 0 aliphatic heterocycles. The van der Waals surface area contributed by atoms with Crippen molar-refractivity contribution >= 4 is 11.7 Å². The standard InChI is InChI=1S/C17H25NO3/c1-11-7-13(10-17(2,3)9-11)21-16(19)12-5-6-14(18)15(8-12)20-4/h5-6,8,11,13H,7,9-10,18H2,1-4H3. The number of nitrogen functional groups attached to an aromatic ring is 1. The molecule has 1 aliphatic carbocycles. The first-order valence-corrected chi connectivity index (χ1v) is 7.45. The zero-order chi connectivity index (χ0) is 15.6. The van der Waals surface area contributed by atoms with E-state index in [9.17, 15) is 4.79 Å². The molecule has 0 bridgehead atoms. The van der Waals surface area contributed by atoms with Crippen molar-refractivity contribution in [3.63, 3.8) is 0 Å². The Labute approximate surface area is 126 Å². The Bertz CT molecular complexity index is 525. The van der Waals surface area contributed by atoms with E-state index in [1.54, 1.807) is 18.2 Å². The van der Waals surface area contributed by atoms with Crippen LogP contribution < -0.4 is 10.5 Å². The van der Waals surface area contributed by atoms with E-state index in [2.05, 4.69) is 20.8 Å². The third kappa shape index (κ3) is 3.90. The molecule has 0 heterocycles. The Hall–Kier alpha value is -1.71. The lowest BCUT2D eigenvalue weighted by atomic mass is 9.71. The van der Waals surface area contributed by atoms with Crippen molar-refractivity contribution in [1.82, 2.24) is 0 Å². The van der Waals surface area contributed by atoms with E-state index in [1.165, 1.54) is 13.5 Å². The largest absolute Gasteiger partial charge is 0.495 e. The van der Waals surface area contributed by atoms with E-state index < -0.39 is 0 Å². The van der Waals surface area contributed by atoms with Crippen LogP contribution in [0, 0.1) is 11.3 Å². The van der Waals surface area contributed by atoms with Crippen molar-refractivity contribution in [2.24, 2.45) is 11.3 Å². The summed E-state index contributed by atoms with van der Waals surface area (Å²) in [6, 6.07) is 4.98. The molecule has 0 amide bonds. The van der Waals surface area contributed by atoms with Crippen LogP contribution in [0.3, 0.4) is 0 Å². The number of rotatable bonds is 3. The number of hydrogen-bond donors (Lipinski definition) is 1. The molecule has 1 saturated carbocycles. The molecule has 4 nitrogen and oxygen atoms in total. The number of ether oxygens (including phenoxy) is 2. The summed E-state index contributed by atoms with van der Waals surface area (Å²) in [7, 11) is 1.53.